The summed E-state index contributed by atoms with van der Waals surface area (Å²) in [5.74, 6) is -0.850. The minimum Gasteiger partial charge on any atom is -0.465 e. The molecule has 0 saturated carbocycles. The molecule has 1 aliphatic rings. The summed E-state index contributed by atoms with van der Waals surface area (Å²) in [6.07, 6.45) is 1.63. The van der Waals surface area contributed by atoms with Gasteiger partial charge in [-0.15, -0.1) is 10.2 Å². The van der Waals surface area contributed by atoms with Crippen molar-refractivity contribution in [1.82, 2.24) is 20.4 Å². The lowest BCUT2D eigenvalue weighted by atomic mass is 9.99. The van der Waals surface area contributed by atoms with Crippen molar-refractivity contribution in [3.8, 4) is 0 Å². The van der Waals surface area contributed by atoms with Crippen LogP contribution in [0, 0.1) is 0 Å². The lowest BCUT2D eigenvalue weighted by Gasteiger charge is -2.31. The van der Waals surface area contributed by atoms with E-state index in [4.69, 9.17) is 16.3 Å². The topological polar surface area (TPSA) is 114 Å². The van der Waals surface area contributed by atoms with Gasteiger partial charge in [-0.25, -0.2) is 4.79 Å². The van der Waals surface area contributed by atoms with Gasteiger partial charge in [-0.2, -0.15) is 0 Å². The zero-order chi connectivity index (χ0) is 21.5. The second-order valence-corrected chi connectivity index (χ2v) is 8.10. The molecule has 1 aromatic carbocycles. The summed E-state index contributed by atoms with van der Waals surface area (Å²) in [6.45, 7) is 2.84. The Labute approximate surface area is 182 Å². The monoisotopic (exact) mass is 451 g/mol. The van der Waals surface area contributed by atoms with E-state index in [2.05, 4.69) is 20.8 Å². The van der Waals surface area contributed by atoms with Gasteiger partial charge in [-0.05, 0) is 38.0 Å². The maximum atomic E-state index is 12.4. The van der Waals surface area contributed by atoms with E-state index in [9.17, 15) is 14.4 Å². The first-order valence-corrected chi connectivity index (χ1v) is 10.7. The number of urea groups is 1. The van der Waals surface area contributed by atoms with E-state index in [1.807, 2.05) is 0 Å². The number of piperidine rings is 1. The zero-order valence-corrected chi connectivity index (χ0v) is 18.0. The van der Waals surface area contributed by atoms with Crippen molar-refractivity contribution in [3.05, 3.63) is 39.3 Å². The maximum Gasteiger partial charge on any atom is 0.325 e. The highest BCUT2D eigenvalue weighted by molar-refractivity contribution is 7.13. The van der Waals surface area contributed by atoms with Gasteiger partial charge in [0.2, 0.25) is 5.01 Å². The van der Waals surface area contributed by atoms with Crippen LogP contribution in [-0.4, -0.2) is 59.2 Å². The van der Waals surface area contributed by atoms with Crippen molar-refractivity contribution in [2.45, 2.75) is 25.7 Å². The molecule has 1 saturated heterocycles. The number of hydrogen-bond donors (Lipinski definition) is 2. The molecule has 0 unspecified atom stereocenters. The Kier molecular flexibility index (Phi) is 7.58. The number of anilines is 1. The van der Waals surface area contributed by atoms with Crippen molar-refractivity contribution in [1.29, 1.82) is 0 Å². The Morgan fingerprint density at radius 2 is 2.17 bits per heavy atom. The number of aromatic nitrogens is 2. The van der Waals surface area contributed by atoms with E-state index >= 15 is 0 Å². The fourth-order valence-electron chi connectivity index (χ4n) is 3.08. The van der Waals surface area contributed by atoms with E-state index in [1.165, 1.54) is 11.3 Å². The average molecular weight is 452 g/mol. The number of likely N-dealkylation sites (tertiary alicyclic amines) is 1. The molecule has 1 aliphatic heterocycles. The fourth-order valence-corrected chi connectivity index (χ4v) is 4.13. The first kappa shape index (κ1) is 22.0. The first-order chi connectivity index (χ1) is 14.5. The number of benzene rings is 1. The lowest BCUT2D eigenvalue weighted by molar-refractivity contribution is -0.141. The van der Waals surface area contributed by atoms with Crippen molar-refractivity contribution >= 4 is 46.5 Å². The smallest absolute Gasteiger partial charge is 0.325 e. The SMILES string of the molecule is CCOC(=O)CNC(=O)N1CCC[C@H](c2nnc(C(=O)Nc3cccc(Cl)c3)s2)C1. The molecule has 3 amide bonds. The number of rotatable bonds is 6. The summed E-state index contributed by atoms with van der Waals surface area (Å²) in [6, 6.07) is 6.52. The van der Waals surface area contributed by atoms with Crippen LogP contribution in [0.25, 0.3) is 0 Å². The molecule has 2 N–H and O–H groups in total. The summed E-state index contributed by atoms with van der Waals surface area (Å²) < 4.78 is 4.81. The molecule has 30 heavy (non-hydrogen) atoms. The summed E-state index contributed by atoms with van der Waals surface area (Å²) >= 11 is 7.14. The van der Waals surface area contributed by atoms with E-state index in [0.29, 0.717) is 28.8 Å². The van der Waals surface area contributed by atoms with Gasteiger partial charge in [-0.1, -0.05) is 29.0 Å². The van der Waals surface area contributed by atoms with Crippen LogP contribution in [-0.2, 0) is 9.53 Å². The Morgan fingerprint density at radius 3 is 2.93 bits per heavy atom. The van der Waals surface area contributed by atoms with Gasteiger partial charge in [0.1, 0.15) is 11.6 Å². The standard InChI is InChI=1S/C19H22ClN5O4S/c1-2-29-15(26)10-21-19(28)25-8-4-5-12(11-25)17-23-24-18(30-17)16(27)22-14-7-3-6-13(20)9-14/h3,6-7,9,12H,2,4-5,8,10-11H2,1H3,(H,21,28)(H,22,27)/t12-/m0/s1. The molecule has 3 rings (SSSR count). The minimum absolute atomic E-state index is 0.0164. The van der Waals surface area contributed by atoms with Crippen molar-refractivity contribution < 1.29 is 19.1 Å². The molecule has 0 bridgehead atoms. The number of halogens is 1. The maximum absolute atomic E-state index is 12.4. The molecule has 9 nitrogen and oxygen atoms in total. The molecular formula is C19H22ClN5O4S. The highest BCUT2D eigenvalue weighted by Gasteiger charge is 2.28. The molecule has 0 radical (unpaired) electrons. The van der Waals surface area contributed by atoms with Crippen LogP contribution in [0.15, 0.2) is 24.3 Å². The molecule has 1 aromatic heterocycles. The van der Waals surface area contributed by atoms with Gasteiger partial charge >= 0.3 is 12.0 Å². The second kappa shape index (κ2) is 10.4. The normalized spacial score (nSPS) is 16.1. The Bertz CT molecular complexity index is 922. The largest absolute Gasteiger partial charge is 0.465 e. The lowest BCUT2D eigenvalue weighted by Crippen LogP contribution is -2.46. The van der Waals surface area contributed by atoms with E-state index in [1.54, 1.807) is 36.1 Å². The van der Waals surface area contributed by atoms with E-state index in [-0.39, 0.29) is 36.0 Å². The zero-order valence-electron chi connectivity index (χ0n) is 16.4. The van der Waals surface area contributed by atoms with Crippen molar-refractivity contribution in [2.75, 3.05) is 31.6 Å². The van der Waals surface area contributed by atoms with Crippen LogP contribution < -0.4 is 10.6 Å². The van der Waals surface area contributed by atoms with Crippen LogP contribution >= 0.6 is 22.9 Å². The number of hydrogen-bond acceptors (Lipinski definition) is 7. The van der Waals surface area contributed by atoms with Crippen molar-refractivity contribution in [3.63, 3.8) is 0 Å². The van der Waals surface area contributed by atoms with Crippen molar-refractivity contribution in [2.24, 2.45) is 0 Å². The third-order valence-corrected chi connectivity index (χ3v) is 5.78. The number of esters is 1. The highest BCUT2D eigenvalue weighted by atomic mass is 35.5. The molecule has 2 heterocycles. The molecule has 1 fully saturated rings. The third-order valence-electron chi connectivity index (χ3n) is 4.46. The Balaban J connectivity index is 1.57. The fraction of sp³-hybridized carbons (Fsp3) is 0.421. The number of nitrogens with zero attached hydrogens (tertiary/aromatic N) is 3. The Morgan fingerprint density at radius 1 is 1.33 bits per heavy atom. The Hall–Kier alpha value is -2.72. The molecule has 0 aliphatic carbocycles. The quantitative estimate of drug-likeness (QED) is 0.653. The van der Waals surface area contributed by atoms with Crippen LogP contribution in [0.3, 0.4) is 0 Å². The summed E-state index contributed by atoms with van der Waals surface area (Å²) in [7, 11) is 0. The molecule has 11 heteroatoms. The highest BCUT2D eigenvalue weighted by Crippen LogP contribution is 2.29. The number of nitrogens with one attached hydrogen (secondary N) is 2. The second-order valence-electron chi connectivity index (χ2n) is 6.66. The molecule has 0 spiro atoms. The minimum atomic E-state index is -0.473. The third kappa shape index (κ3) is 5.90. The number of carbonyl (C=O) groups excluding carboxylic acids is 3. The van der Waals surface area contributed by atoms with Crippen LogP contribution in [0.2, 0.25) is 5.02 Å². The predicted molar refractivity (Wildman–Crippen MR) is 113 cm³/mol. The van der Waals surface area contributed by atoms with Crippen LogP contribution in [0.5, 0.6) is 0 Å². The number of ether oxygens (including phenoxy) is 1. The van der Waals surface area contributed by atoms with E-state index < -0.39 is 5.97 Å². The van der Waals surface area contributed by atoms with Gasteiger partial charge in [0.15, 0.2) is 0 Å². The van der Waals surface area contributed by atoms with Gasteiger partial charge in [0.25, 0.3) is 5.91 Å². The van der Waals surface area contributed by atoms with Gasteiger partial charge < -0.3 is 20.3 Å². The number of carbonyl (C=O) groups is 3. The molecule has 2 aromatic rings. The number of amides is 3. The van der Waals surface area contributed by atoms with Gasteiger partial charge in [0, 0.05) is 29.7 Å². The van der Waals surface area contributed by atoms with Crippen LogP contribution in [0.1, 0.15) is 40.5 Å². The van der Waals surface area contributed by atoms with Gasteiger partial charge in [0.05, 0.1) is 6.61 Å². The summed E-state index contributed by atoms with van der Waals surface area (Å²) in [5, 5.41) is 14.9. The molecular weight excluding hydrogens is 430 g/mol. The summed E-state index contributed by atoms with van der Waals surface area (Å²) in [4.78, 5) is 37.8. The molecule has 1 atom stereocenters. The molecule has 160 valence electrons. The van der Waals surface area contributed by atoms with E-state index in [0.717, 1.165) is 12.8 Å². The predicted octanol–water partition coefficient (Wildman–Crippen LogP) is 2.90. The summed E-state index contributed by atoms with van der Waals surface area (Å²) in [5.41, 5.74) is 0.575. The van der Waals surface area contributed by atoms with Crippen LogP contribution in [0.4, 0.5) is 10.5 Å². The average Bonchev–Trinajstić information content (AvgIpc) is 3.23. The van der Waals surface area contributed by atoms with Gasteiger partial charge in [-0.3, -0.25) is 9.59 Å². The first-order valence-electron chi connectivity index (χ1n) is 9.55.